The first kappa shape index (κ1) is 13.9. The number of furan rings is 1. The van der Waals surface area contributed by atoms with Crippen molar-refractivity contribution in [2.24, 2.45) is 5.73 Å². The zero-order valence-electron chi connectivity index (χ0n) is 12.4. The molecule has 2 atom stereocenters. The molecule has 1 aromatic carbocycles. The van der Waals surface area contributed by atoms with E-state index >= 15 is 0 Å². The Morgan fingerprint density at radius 2 is 1.95 bits per heavy atom. The molecule has 4 heteroatoms. The van der Waals surface area contributed by atoms with Gasteiger partial charge in [0.2, 0.25) is 0 Å². The Labute approximate surface area is 124 Å². The summed E-state index contributed by atoms with van der Waals surface area (Å²) in [6, 6.07) is 11.9. The molecule has 1 saturated heterocycles. The number of aryl methyl sites for hydroxylation is 2. The predicted molar refractivity (Wildman–Crippen MR) is 81.2 cm³/mol. The van der Waals surface area contributed by atoms with Crippen molar-refractivity contribution in [3.63, 3.8) is 0 Å². The molecule has 21 heavy (non-hydrogen) atoms. The van der Waals surface area contributed by atoms with Gasteiger partial charge in [-0.15, -0.1) is 0 Å². The molecule has 1 fully saturated rings. The van der Waals surface area contributed by atoms with Crippen molar-refractivity contribution in [2.75, 3.05) is 13.1 Å². The number of nitrogens with two attached hydrogens (primary N) is 1. The van der Waals surface area contributed by atoms with Gasteiger partial charge in [0.25, 0.3) is 5.91 Å². The summed E-state index contributed by atoms with van der Waals surface area (Å²) in [5, 5.41) is 0. The van der Waals surface area contributed by atoms with E-state index in [1.807, 2.05) is 36.9 Å². The number of carbonyl (C=O) groups is 1. The molecule has 0 unspecified atom stereocenters. The molecular formula is C17H20N2O2. The van der Waals surface area contributed by atoms with Crippen molar-refractivity contribution in [3.05, 3.63) is 59.0 Å². The molecule has 0 aliphatic carbocycles. The SMILES string of the molecule is Cc1cc(C(=O)N2C[C@@H](N)[C@H](c3ccccc3)C2)c(C)o1. The summed E-state index contributed by atoms with van der Waals surface area (Å²) in [5.41, 5.74) is 8.08. The van der Waals surface area contributed by atoms with Crippen LogP contribution in [0, 0.1) is 13.8 Å². The Bertz CT molecular complexity index is 648. The van der Waals surface area contributed by atoms with Gasteiger partial charge in [-0.1, -0.05) is 30.3 Å². The molecule has 2 heterocycles. The topological polar surface area (TPSA) is 59.5 Å². The maximum atomic E-state index is 12.6. The Morgan fingerprint density at radius 3 is 2.57 bits per heavy atom. The van der Waals surface area contributed by atoms with Crippen molar-refractivity contribution < 1.29 is 9.21 Å². The summed E-state index contributed by atoms with van der Waals surface area (Å²) in [5.74, 6) is 1.65. The van der Waals surface area contributed by atoms with Gasteiger partial charge in [-0.3, -0.25) is 4.79 Å². The van der Waals surface area contributed by atoms with Crippen molar-refractivity contribution in [2.45, 2.75) is 25.8 Å². The number of nitrogens with zero attached hydrogens (tertiary/aromatic N) is 1. The molecule has 1 amide bonds. The van der Waals surface area contributed by atoms with Crippen molar-refractivity contribution in [1.29, 1.82) is 0 Å². The zero-order chi connectivity index (χ0) is 15.0. The minimum absolute atomic E-state index is 0.0123. The van der Waals surface area contributed by atoms with Gasteiger partial charge in [-0.25, -0.2) is 0 Å². The smallest absolute Gasteiger partial charge is 0.257 e. The number of carbonyl (C=O) groups excluding carboxylic acids is 1. The minimum atomic E-state index is -0.0235. The fraction of sp³-hybridized carbons (Fsp3) is 0.353. The Kier molecular flexibility index (Phi) is 3.55. The van der Waals surface area contributed by atoms with Crippen LogP contribution in [-0.4, -0.2) is 29.9 Å². The number of hydrogen-bond acceptors (Lipinski definition) is 3. The van der Waals surface area contributed by atoms with Gasteiger partial charge in [0.1, 0.15) is 11.5 Å². The third-order valence-corrected chi connectivity index (χ3v) is 4.15. The second-order valence-electron chi connectivity index (χ2n) is 5.72. The molecule has 4 nitrogen and oxygen atoms in total. The van der Waals surface area contributed by atoms with Crippen LogP contribution in [0.1, 0.15) is 33.4 Å². The lowest BCUT2D eigenvalue weighted by atomic mass is 9.95. The molecule has 1 aliphatic rings. The van der Waals surface area contributed by atoms with Gasteiger partial charge in [0.05, 0.1) is 5.56 Å². The summed E-state index contributed by atoms with van der Waals surface area (Å²) < 4.78 is 5.45. The second-order valence-corrected chi connectivity index (χ2v) is 5.72. The van der Waals surface area contributed by atoms with Crippen LogP contribution in [-0.2, 0) is 0 Å². The first-order chi connectivity index (χ1) is 10.1. The van der Waals surface area contributed by atoms with Gasteiger partial charge in [-0.05, 0) is 25.5 Å². The Morgan fingerprint density at radius 1 is 1.24 bits per heavy atom. The van der Waals surface area contributed by atoms with Crippen LogP contribution in [0.25, 0.3) is 0 Å². The van der Waals surface area contributed by atoms with Gasteiger partial charge in [-0.2, -0.15) is 0 Å². The molecule has 1 aromatic heterocycles. The average molecular weight is 284 g/mol. The van der Waals surface area contributed by atoms with Crippen LogP contribution in [0.3, 0.4) is 0 Å². The van der Waals surface area contributed by atoms with E-state index in [4.69, 9.17) is 10.2 Å². The molecule has 0 radical (unpaired) electrons. The number of benzene rings is 1. The Balaban J connectivity index is 1.80. The Hall–Kier alpha value is -2.07. The highest BCUT2D eigenvalue weighted by molar-refractivity contribution is 5.95. The normalized spacial score (nSPS) is 21.8. The first-order valence-electron chi connectivity index (χ1n) is 7.23. The fourth-order valence-electron chi connectivity index (χ4n) is 3.06. The second kappa shape index (κ2) is 5.37. The van der Waals surface area contributed by atoms with Crippen LogP contribution in [0.15, 0.2) is 40.8 Å². The molecule has 1 aliphatic heterocycles. The molecule has 0 bridgehead atoms. The third kappa shape index (κ3) is 2.59. The lowest BCUT2D eigenvalue weighted by molar-refractivity contribution is 0.0787. The quantitative estimate of drug-likeness (QED) is 0.921. The largest absolute Gasteiger partial charge is 0.466 e. The number of amides is 1. The monoisotopic (exact) mass is 284 g/mol. The van der Waals surface area contributed by atoms with Crippen LogP contribution in [0.4, 0.5) is 0 Å². The van der Waals surface area contributed by atoms with Crippen LogP contribution in [0.5, 0.6) is 0 Å². The fourth-order valence-corrected chi connectivity index (χ4v) is 3.06. The maximum Gasteiger partial charge on any atom is 0.257 e. The van der Waals surface area contributed by atoms with E-state index in [2.05, 4.69) is 12.1 Å². The number of rotatable bonds is 2. The molecular weight excluding hydrogens is 264 g/mol. The van der Waals surface area contributed by atoms with E-state index in [1.54, 1.807) is 6.07 Å². The van der Waals surface area contributed by atoms with Crippen molar-refractivity contribution >= 4 is 5.91 Å². The van der Waals surface area contributed by atoms with E-state index in [9.17, 15) is 4.79 Å². The highest BCUT2D eigenvalue weighted by Crippen LogP contribution is 2.28. The van der Waals surface area contributed by atoms with E-state index in [0.29, 0.717) is 24.4 Å². The highest BCUT2D eigenvalue weighted by Gasteiger charge is 2.35. The van der Waals surface area contributed by atoms with E-state index in [0.717, 1.165) is 5.76 Å². The van der Waals surface area contributed by atoms with Gasteiger partial charge >= 0.3 is 0 Å². The van der Waals surface area contributed by atoms with E-state index < -0.39 is 0 Å². The summed E-state index contributed by atoms with van der Waals surface area (Å²) >= 11 is 0. The van der Waals surface area contributed by atoms with E-state index in [-0.39, 0.29) is 17.9 Å². The van der Waals surface area contributed by atoms with Gasteiger partial charge in [0, 0.05) is 25.0 Å². The summed E-state index contributed by atoms with van der Waals surface area (Å²) in [7, 11) is 0. The molecule has 2 N–H and O–H groups in total. The predicted octanol–water partition coefficient (Wildman–Crippen LogP) is 2.46. The van der Waals surface area contributed by atoms with Crippen molar-refractivity contribution in [3.8, 4) is 0 Å². The standard InChI is InChI=1S/C17H20N2O2/c1-11-8-14(12(2)21-11)17(20)19-9-15(16(18)10-19)13-6-4-3-5-7-13/h3-8,15-16H,9-10,18H2,1-2H3/t15-,16+/m0/s1. The van der Waals surface area contributed by atoms with Crippen LogP contribution < -0.4 is 5.73 Å². The lowest BCUT2D eigenvalue weighted by Crippen LogP contribution is -2.32. The average Bonchev–Trinajstić information content (AvgIpc) is 3.02. The number of hydrogen-bond donors (Lipinski definition) is 1. The molecule has 0 saturated carbocycles. The van der Waals surface area contributed by atoms with Gasteiger partial charge < -0.3 is 15.1 Å². The van der Waals surface area contributed by atoms with Crippen molar-refractivity contribution in [1.82, 2.24) is 4.90 Å². The van der Waals surface area contributed by atoms with Crippen LogP contribution >= 0.6 is 0 Å². The third-order valence-electron chi connectivity index (χ3n) is 4.15. The molecule has 0 spiro atoms. The van der Waals surface area contributed by atoms with Crippen LogP contribution in [0.2, 0.25) is 0 Å². The molecule has 3 rings (SSSR count). The molecule has 2 aromatic rings. The zero-order valence-corrected chi connectivity index (χ0v) is 12.4. The summed E-state index contributed by atoms with van der Waals surface area (Å²) in [6.07, 6.45) is 0. The van der Waals surface area contributed by atoms with E-state index in [1.165, 1.54) is 5.56 Å². The number of likely N-dealkylation sites (tertiary alicyclic amines) is 1. The summed E-state index contributed by atoms with van der Waals surface area (Å²) in [6.45, 7) is 4.92. The minimum Gasteiger partial charge on any atom is -0.466 e. The van der Waals surface area contributed by atoms with Gasteiger partial charge in [0.15, 0.2) is 0 Å². The maximum absolute atomic E-state index is 12.6. The first-order valence-corrected chi connectivity index (χ1v) is 7.23. The molecule has 110 valence electrons. The summed E-state index contributed by atoms with van der Waals surface area (Å²) in [4.78, 5) is 14.4. The lowest BCUT2D eigenvalue weighted by Gasteiger charge is -2.16. The highest BCUT2D eigenvalue weighted by atomic mass is 16.3.